The molecule has 0 saturated carbocycles. The van der Waals surface area contributed by atoms with Crippen LogP contribution in [0, 0.1) is 6.92 Å². The average molecular weight is 409 g/mol. The van der Waals surface area contributed by atoms with Crippen LogP contribution in [-0.2, 0) is 17.9 Å². The van der Waals surface area contributed by atoms with Crippen molar-refractivity contribution in [3.8, 4) is 11.5 Å². The molecule has 0 aliphatic heterocycles. The number of aromatic nitrogens is 2. The molecule has 0 saturated heterocycles. The summed E-state index contributed by atoms with van der Waals surface area (Å²) in [6.07, 6.45) is 3.17. The number of carbonyl (C=O) groups is 1. The van der Waals surface area contributed by atoms with E-state index in [0.717, 1.165) is 16.9 Å². The zero-order valence-corrected chi connectivity index (χ0v) is 16.6. The lowest BCUT2D eigenvalue weighted by atomic mass is 10.2. The first kappa shape index (κ1) is 19.1. The summed E-state index contributed by atoms with van der Waals surface area (Å²) < 4.78 is 16.3. The van der Waals surface area contributed by atoms with E-state index in [9.17, 15) is 4.79 Å². The zero-order valence-electron chi connectivity index (χ0n) is 15.8. The van der Waals surface area contributed by atoms with Crippen molar-refractivity contribution in [3.63, 3.8) is 0 Å². The molecule has 0 radical (unpaired) electrons. The Morgan fingerprint density at radius 3 is 2.59 bits per heavy atom. The number of nitrogens with zero attached hydrogens (tertiary/aromatic N) is 3. The standard InChI is InChI=1S/C21H19N3O4S/c1-15-18(9-11-26-15)20-22-23-21(28-20)29-14-19(25)24(13-17-8-5-10-27-17)12-16-6-3-2-4-7-16/h2-11H,12-14H2,1H3. The fourth-order valence-electron chi connectivity index (χ4n) is 2.83. The summed E-state index contributed by atoms with van der Waals surface area (Å²) in [5, 5.41) is 8.39. The predicted octanol–water partition coefficient (Wildman–Crippen LogP) is 4.55. The highest BCUT2D eigenvalue weighted by molar-refractivity contribution is 7.99. The summed E-state index contributed by atoms with van der Waals surface area (Å²) in [4.78, 5) is 14.6. The van der Waals surface area contributed by atoms with Crippen LogP contribution in [0.5, 0.6) is 0 Å². The second-order valence-corrected chi connectivity index (χ2v) is 7.29. The van der Waals surface area contributed by atoms with Crippen molar-refractivity contribution in [2.24, 2.45) is 0 Å². The van der Waals surface area contributed by atoms with Gasteiger partial charge in [0.25, 0.3) is 11.1 Å². The second-order valence-electron chi connectivity index (χ2n) is 6.37. The molecular formula is C21H19N3O4S. The molecule has 0 spiro atoms. The summed E-state index contributed by atoms with van der Waals surface area (Å²) in [7, 11) is 0. The minimum atomic E-state index is -0.0468. The number of carbonyl (C=O) groups excluding carboxylic acids is 1. The number of hydrogen-bond donors (Lipinski definition) is 0. The number of rotatable bonds is 8. The van der Waals surface area contributed by atoms with E-state index in [2.05, 4.69) is 10.2 Å². The maximum Gasteiger partial charge on any atom is 0.277 e. The van der Waals surface area contributed by atoms with Gasteiger partial charge in [0.1, 0.15) is 11.5 Å². The number of furan rings is 2. The van der Waals surface area contributed by atoms with Gasteiger partial charge in [-0.1, -0.05) is 42.1 Å². The van der Waals surface area contributed by atoms with Crippen LogP contribution in [0.15, 0.2) is 79.5 Å². The number of aryl methyl sites for hydroxylation is 1. The molecule has 29 heavy (non-hydrogen) atoms. The van der Waals surface area contributed by atoms with Gasteiger partial charge in [0.15, 0.2) is 0 Å². The van der Waals surface area contributed by atoms with Crippen LogP contribution in [0.3, 0.4) is 0 Å². The molecule has 8 heteroatoms. The van der Waals surface area contributed by atoms with E-state index in [4.69, 9.17) is 13.3 Å². The minimum Gasteiger partial charge on any atom is -0.469 e. The maximum atomic E-state index is 12.9. The van der Waals surface area contributed by atoms with Crippen molar-refractivity contribution in [2.75, 3.05) is 5.75 Å². The first-order valence-corrected chi connectivity index (χ1v) is 10.0. The predicted molar refractivity (Wildman–Crippen MR) is 107 cm³/mol. The van der Waals surface area contributed by atoms with E-state index in [1.165, 1.54) is 11.8 Å². The third-order valence-electron chi connectivity index (χ3n) is 4.31. The molecule has 1 amide bonds. The first-order valence-electron chi connectivity index (χ1n) is 9.04. The molecule has 0 fully saturated rings. The third kappa shape index (κ3) is 4.78. The van der Waals surface area contributed by atoms with E-state index in [0.29, 0.717) is 30.0 Å². The van der Waals surface area contributed by atoms with Crippen molar-refractivity contribution in [2.45, 2.75) is 25.2 Å². The maximum absolute atomic E-state index is 12.9. The Morgan fingerprint density at radius 1 is 1.00 bits per heavy atom. The Balaban J connectivity index is 1.42. The van der Waals surface area contributed by atoms with Gasteiger partial charge in [-0.3, -0.25) is 4.79 Å². The zero-order chi connectivity index (χ0) is 20.1. The van der Waals surface area contributed by atoms with Crippen LogP contribution in [0.4, 0.5) is 0 Å². The van der Waals surface area contributed by atoms with Crippen LogP contribution in [0.25, 0.3) is 11.5 Å². The molecular weight excluding hydrogens is 390 g/mol. The van der Waals surface area contributed by atoms with Crippen molar-refractivity contribution < 1.29 is 18.0 Å². The monoisotopic (exact) mass is 409 g/mol. The van der Waals surface area contributed by atoms with Gasteiger partial charge in [-0.15, -0.1) is 10.2 Å². The minimum absolute atomic E-state index is 0.0468. The van der Waals surface area contributed by atoms with Crippen LogP contribution in [0.1, 0.15) is 17.1 Å². The van der Waals surface area contributed by atoms with E-state index in [1.54, 1.807) is 23.5 Å². The molecule has 4 aromatic rings. The fraction of sp³-hybridized carbons (Fsp3) is 0.190. The Hall–Kier alpha value is -3.26. The van der Waals surface area contributed by atoms with Gasteiger partial charge >= 0.3 is 0 Å². The van der Waals surface area contributed by atoms with Gasteiger partial charge in [-0.2, -0.15) is 0 Å². The number of hydrogen-bond acceptors (Lipinski definition) is 7. The van der Waals surface area contributed by atoms with Gasteiger partial charge in [-0.25, -0.2) is 0 Å². The lowest BCUT2D eigenvalue weighted by molar-refractivity contribution is -0.129. The van der Waals surface area contributed by atoms with Crippen LogP contribution >= 0.6 is 11.8 Å². The highest BCUT2D eigenvalue weighted by Gasteiger charge is 2.19. The molecule has 0 N–H and O–H groups in total. The average Bonchev–Trinajstić information content (AvgIpc) is 3.48. The highest BCUT2D eigenvalue weighted by Crippen LogP contribution is 2.26. The quantitative estimate of drug-likeness (QED) is 0.395. The molecule has 0 unspecified atom stereocenters. The van der Waals surface area contributed by atoms with Crippen molar-refractivity contribution in [3.05, 3.63) is 78.1 Å². The molecule has 3 heterocycles. The summed E-state index contributed by atoms with van der Waals surface area (Å²) >= 11 is 1.21. The molecule has 0 atom stereocenters. The molecule has 1 aromatic carbocycles. The van der Waals surface area contributed by atoms with Gasteiger partial charge in [0, 0.05) is 6.54 Å². The molecule has 7 nitrogen and oxygen atoms in total. The van der Waals surface area contributed by atoms with E-state index in [-0.39, 0.29) is 11.7 Å². The van der Waals surface area contributed by atoms with Gasteiger partial charge in [-0.05, 0) is 30.7 Å². The fourth-order valence-corrected chi connectivity index (χ4v) is 3.49. The van der Waals surface area contributed by atoms with Crippen molar-refractivity contribution in [1.82, 2.24) is 15.1 Å². The van der Waals surface area contributed by atoms with Gasteiger partial charge < -0.3 is 18.2 Å². The summed E-state index contributed by atoms with van der Waals surface area (Å²) in [6, 6.07) is 15.3. The smallest absolute Gasteiger partial charge is 0.277 e. The molecule has 4 rings (SSSR count). The largest absolute Gasteiger partial charge is 0.469 e. The van der Waals surface area contributed by atoms with Crippen LogP contribution in [-0.4, -0.2) is 26.8 Å². The molecule has 3 aromatic heterocycles. The molecule has 148 valence electrons. The number of amides is 1. The Bertz CT molecular complexity index is 1060. The summed E-state index contributed by atoms with van der Waals surface area (Å²) in [5.41, 5.74) is 1.80. The van der Waals surface area contributed by atoms with Crippen molar-refractivity contribution in [1.29, 1.82) is 0 Å². The van der Waals surface area contributed by atoms with Gasteiger partial charge in [0.05, 0.1) is 30.4 Å². The SMILES string of the molecule is Cc1occc1-c1nnc(SCC(=O)N(Cc2ccccc2)Cc2ccco2)o1. The van der Waals surface area contributed by atoms with Gasteiger partial charge in [0.2, 0.25) is 5.91 Å². The summed E-state index contributed by atoms with van der Waals surface area (Å²) in [5.74, 6) is 1.94. The van der Waals surface area contributed by atoms with Crippen molar-refractivity contribution >= 4 is 17.7 Å². The lowest BCUT2D eigenvalue weighted by Gasteiger charge is -2.21. The lowest BCUT2D eigenvalue weighted by Crippen LogP contribution is -2.31. The van der Waals surface area contributed by atoms with E-state index >= 15 is 0 Å². The highest BCUT2D eigenvalue weighted by atomic mass is 32.2. The Morgan fingerprint density at radius 2 is 1.86 bits per heavy atom. The van der Waals surface area contributed by atoms with E-state index < -0.39 is 0 Å². The molecule has 0 aliphatic carbocycles. The normalized spacial score (nSPS) is 10.9. The van der Waals surface area contributed by atoms with Crippen LogP contribution < -0.4 is 0 Å². The third-order valence-corrected chi connectivity index (χ3v) is 5.11. The molecule has 0 aliphatic rings. The van der Waals surface area contributed by atoms with Crippen LogP contribution in [0.2, 0.25) is 0 Å². The second kappa shape index (κ2) is 8.83. The molecule has 0 bridgehead atoms. The number of benzene rings is 1. The Kier molecular flexibility index (Phi) is 5.81. The number of thioether (sulfide) groups is 1. The topological polar surface area (TPSA) is 85.5 Å². The first-order chi connectivity index (χ1) is 14.2. The Labute approximate surface area is 171 Å². The summed E-state index contributed by atoms with van der Waals surface area (Å²) in [6.45, 7) is 2.71. The van der Waals surface area contributed by atoms with E-state index in [1.807, 2.05) is 49.4 Å².